The Labute approximate surface area is 164 Å². The van der Waals surface area contributed by atoms with E-state index in [1.165, 1.54) is 7.11 Å². The summed E-state index contributed by atoms with van der Waals surface area (Å²) in [7, 11) is 1.33. The van der Waals surface area contributed by atoms with E-state index >= 15 is 0 Å². The Morgan fingerprint density at radius 2 is 1.54 bits per heavy atom. The molecule has 1 aliphatic heterocycles. The lowest BCUT2D eigenvalue weighted by atomic mass is 9.93. The van der Waals surface area contributed by atoms with Gasteiger partial charge in [-0.1, -0.05) is 30.3 Å². The highest BCUT2D eigenvalue weighted by atomic mass is 16.6. The van der Waals surface area contributed by atoms with Gasteiger partial charge in [-0.25, -0.2) is 9.59 Å². The van der Waals surface area contributed by atoms with Crippen molar-refractivity contribution in [3.05, 3.63) is 47.4 Å². The van der Waals surface area contributed by atoms with Crippen LogP contribution < -0.4 is 0 Å². The number of amides is 1. The molecule has 0 spiro atoms. The van der Waals surface area contributed by atoms with Crippen LogP contribution in [0.3, 0.4) is 0 Å². The van der Waals surface area contributed by atoms with Crippen molar-refractivity contribution < 1.29 is 33.3 Å². The lowest BCUT2D eigenvalue weighted by Gasteiger charge is -2.28. The summed E-state index contributed by atoms with van der Waals surface area (Å²) >= 11 is 0. The standard InChI is InChI=1S/C20H25NO7/c1-5-26-18(22)14-15(13-11-9-8-10-12-13)21(20(24)28-7-3)16(17(14)25-4)19(23)27-6-2/h8-12,14-15H,5-7H2,1-4H3. The average molecular weight is 391 g/mol. The maximum atomic E-state index is 12.8. The van der Waals surface area contributed by atoms with Crippen molar-refractivity contribution in [2.75, 3.05) is 26.9 Å². The van der Waals surface area contributed by atoms with Gasteiger partial charge in [-0.05, 0) is 26.3 Å². The number of nitrogens with zero attached hydrogens (tertiary/aromatic N) is 1. The van der Waals surface area contributed by atoms with Crippen LogP contribution >= 0.6 is 0 Å². The van der Waals surface area contributed by atoms with Crippen molar-refractivity contribution in [3.63, 3.8) is 0 Å². The van der Waals surface area contributed by atoms with Crippen molar-refractivity contribution in [1.82, 2.24) is 4.90 Å². The predicted octanol–water partition coefficient (Wildman–Crippen LogP) is 2.80. The van der Waals surface area contributed by atoms with Gasteiger partial charge in [-0.3, -0.25) is 9.69 Å². The smallest absolute Gasteiger partial charge is 0.415 e. The average Bonchev–Trinajstić information content (AvgIpc) is 3.04. The van der Waals surface area contributed by atoms with Crippen LogP contribution in [0.25, 0.3) is 0 Å². The third-order valence-electron chi connectivity index (χ3n) is 4.19. The van der Waals surface area contributed by atoms with Crippen molar-refractivity contribution in [2.24, 2.45) is 5.92 Å². The topological polar surface area (TPSA) is 91.4 Å². The Hall–Kier alpha value is -3.03. The van der Waals surface area contributed by atoms with Gasteiger partial charge in [0.25, 0.3) is 0 Å². The number of carbonyl (C=O) groups excluding carboxylic acids is 3. The third-order valence-corrected chi connectivity index (χ3v) is 4.19. The van der Waals surface area contributed by atoms with E-state index in [0.29, 0.717) is 5.56 Å². The Balaban J connectivity index is 2.68. The molecular weight excluding hydrogens is 366 g/mol. The zero-order valence-corrected chi connectivity index (χ0v) is 16.5. The molecule has 1 aromatic carbocycles. The minimum Gasteiger partial charge on any atom is -0.498 e. The number of hydrogen-bond acceptors (Lipinski definition) is 7. The summed E-state index contributed by atoms with van der Waals surface area (Å²) in [6.45, 7) is 5.30. The highest BCUT2D eigenvalue weighted by molar-refractivity contribution is 5.96. The zero-order chi connectivity index (χ0) is 20.7. The summed E-state index contributed by atoms with van der Waals surface area (Å²) in [5.74, 6) is -2.41. The monoisotopic (exact) mass is 391 g/mol. The quantitative estimate of drug-likeness (QED) is 0.521. The number of carbonyl (C=O) groups is 3. The Kier molecular flexibility index (Phi) is 7.43. The lowest BCUT2D eigenvalue weighted by Crippen LogP contribution is -2.37. The fourth-order valence-electron chi connectivity index (χ4n) is 3.18. The van der Waals surface area contributed by atoms with Crippen LogP contribution in [0.2, 0.25) is 0 Å². The van der Waals surface area contributed by atoms with Gasteiger partial charge in [0, 0.05) is 0 Å². The Morgan fingerprint density at radius 3 is 2.07 bits per heavy atom. The summed E-state index contributed by atoms with van der Waals surface area (Å²) in [5, 5.41) is 0. The van der Waals surface area contributed by atoms with E-state index in [1.807, 2.05) is 6.07 Å². The van der Waals surface area contributed by atoms with E-state index in [0.717, 1.165) is 4.90 Å². The molecule has 1 aromatic rings. The molecule has 28 heavy (non-hydrogen) atoms. The van der Waals surface area contributed by atoms with Gasteiger partial charge in [-0.2, -0.15) is 0 Å². The van der Waals surface area contributed by atoms with E-state index in [2.05, 4.69) is 0 Å². The number of hydrogen-bond donors (Lipinski definition) is 0. The van der Waals surface area contributed by atoms with Gasteiger partial charge in [0.05, 0.1) is 33.0 Å². The van der Waals surface area contributed by atoms with Gasteiger partial charge >= 0.3 is 18.0 Å². The molecule has 2 rings (SSSR count). The van der Waals surface area contributed by atoms with Crippen LogP contribution in [0.1, 0.15) is 32.4 Å². The number of esters is 2. The largest absolute Gasteiger partial charge is 0.498 e. The minimum absolute atomic E-state index is 0.0128. The summed E-state index contributed by atoms with van der Waals surface area (Å²) in [6.07, 6.45) is -0.777. The van der Waals surface area contributed by atoms with Gasteiger partial charge in [0.2, 0.25) is 0 Å². The van der Waals surface area contributed by atoms with E-state index < -0.39 is 30.0 Å². The molecule has 0 radical (unpaired) electrons. The molecule has 2 atom stereocenters. The molecule has 8 nitrogen and oxygen atoms in total. The van der Waals surface area contributed by atoms with Crippen LogP contribution in [0, 0.1) is 5.92 Å². The fraction of sp³-hybridized carbons (Fsp3) is 0.450. The summed E-state index contributed by atoms with van der Waals surface area (Å²) in [5.41, 5.74) is 0.470. The van der Waals surface area contributed by atoms with E-state index in [4.69, 9.17) is 18.9 Å². The van der Waals surface area contributed by atoms with E-state index in [1.54, 1.807) is 45.0 Å². The maximum absolute atomic E-state index is 12.8. The van der Waals surface area contributed by atoms with Crippen molar-refractivity contribution in [3.8, 4) is 0 Å². The number of rotatable bonds is 7. The molecule has 2 unspecified atom stereocenters. The van der Waals surface area contributed by atoms with Gasteiger partial charge < -0.3 is 18.9 Å². The summed E-state index contributed by atoms with van der Waals surface area (Å²) < 4.78 is 20.9. The summed E-state index contributed by atoms with van der Waals surface area (Å²) in [6, 6.07) is 8.00. The molecule has 152 valence electrons. The van der Waals surface area contributed by atoms with Crippen LogP contribution in [-0.4, -0.2) is 49.9 Å². The first-order chi connectivity index (χ1) is 13.5. The lowest BCUT2D eigenvalue weighted by molar-refractivity contribution is -0.149. The van der Waals surface area contributed by atoms with Gasteiger partial charge in [-0.15, -0.1) is 0 Å². The molecule has 1 amide bonds. The molecular formula is C20H25NO7. The first-order valence-electron chi connectivity index (χ1n) is 9.14. The van der Waals surface area contributed by atoms with E-state index in [9.17, 15) is 14.4 Å². The van der Waals surface area contributed by atoms with Crippen molar-refractivity contribution in [2.45, 2.75) is 26.8 Å². The van der Waals surface area contributed by atoms with Crippen LogP contribution in [0.5, 0.6) is 0 Å². The second-order valence-electron chi connectivity index (χ2n) is 5.79. The maximum Gasteiger partial charge on any atom is 0.415 e. The number of benzene rings is 1. The minimum atomic E-state index is -1.03. The van der Waals surface area contributed by atoms with Crippen molar-refractivity contribution >= 4 is 18.0 Å². The third kappa shape index (κ3) is 4.11. The van der Waals surface area contributed by atoms with Crippen molar-refractivity contribution in [1.29, 1.82) is 0 Å². The molecule has 0 aromatic heterocycles. The second kappa shape index (κ2) is 9.77. The molecule has 0 saturated carbocycles. The molecule has 8 heteroatoms. The van der Waals surface area contributed by atoms with Gasteiger partial charge in [0.1, 0.15) is 11.7 Å². The molecule has 1 heterocycles. The highest BCUT2D eigenvalue weighted by Crippen LogP contribution is 2.45. The second-order valence-corrected chi connectivity index (χ2v) is 5.79. The Bertz CT molecular complexity index is 744. The fourth-order valence-corrected chi connectivity index (χ4v) is 3.18. The normalized spacial score (nSPS) is 18.6. The Morgan fingerprint density at radius 1 is 0.929 bits per heavy atom. The number of methoxy groups -OCH3 is 1. The molecule has 0 saturated heterocycles. The molecule has 0 fully saturated rings. The molecule has 1 aliphatic rings. The highest BCUT2D eigenvalue weighted by Gasteiger charge is 2.53. The van der Waals surface area contributed by atoms with E-state index in [-0.39, 0.29) is 31.3 Å². The first kappa shape index (κ1) is 21.3. The SMILES string of the molecule is CCOC(=O)C1=C(OC)C(C(=O)OCC)C(c2ccccc2)N1C(=O)OCC. The molecule has 0 aliphatic carbocycles. The van der Waals surface area contributed by atoms with Crippen LogP contribution in [0.15, 0.2) is 41.8 Å². The van der Waals surface area contributed by atoms with Crippen LogP contribution in [-0.2, 0) is 28.5 Å². The first-order valence-corrected chi connectivity index (χ1v) is 9.14. The number of ether oxygens (including phenoxy) is 4. The van der Waals surface area contributed by atoms with Gasteiger partial charge in [0.15, 0.2) is 5.70 Å². The summed E-state index contributed by atoms with van der Waals surface area (Å²) in [4.78, 5) is 39.4. The zero-order valence-electron chi connectivity index (χ0n) is 16.5. The molecule has 0 N–H and O–H groups in total. The molecule has 0 bridgehead atoms. The predicted molar refractivity (Wildman–Crippen MR) is 98.8 cm³/mol. The van der Waals surface area contributed by atoms with Crippen LogP contribution in [0.4, 0.5) is 4.79 Å².